The Morgan fingerprint density at radius 1 is 1.54 bits per heavy atom. The Morgan fingerprint density at radius 3 is 3.00 bits per heavy atom. The summed E-state index contributed by atoms with van der Waals surface area (Å²) in [5.41, 5.74) is 1.41. The van der Waals surface area contributed by atoms with Gasteiger partial charge in [-0.2, -0.15) is 0 Å². The number of nitrogens with zero attached hydrogens (tertiary/aromatic N) is 1. The molecule has 1 aromatic heterocycles. The molecule has 0 aliphatic heterocycles. The molecule has 1 aromatic carbocycles. The zero-order valence-corrected chi connectivity index (χ0v) is 8.63. The van der Waals surface area contributed by atoms with E-state index in [4.69, 9.17) is 4.52 Å². The fraction of sp³-hybridized carbons (Fsp3) is 0.222. The van der Waals surface area contributed by atoms with Crippen LogP contribution in [0.1, 0.15) is 12.6 Å². The monoisotopic (exact) mass is 241 g/mol. The van der Waals surface area contributed by atoms with Crippen LogP contribution in [0.25, 0.3) is 11.0 Å². The average molecular weight is 242 g/mol. The molecule has 0 amide bonds. The summed E-state index contributed by atoms with van der Waals surface area (Å²) < 4.78 is 5.71. The molecular formula is C9H8BrNO2. The molecule has 0 bridgehead atoms. The van der Waals surface area contributed by atoms with Crippen LogP contribution in [0.15, 0.2) is 21.1 Å². The van der Waals surface area contributed by atoms with Crippen LogP contribution >= 0.6 is 15.9 Å². The molecule has 0 aliphatic carbocycles. The molecule has 0 fully saturated rings. The first-order valence-electron chi connectivity index (χ1n) is 3.99. The highest BCUT2D eigenvalue weighted by Crippen LogP contribution is 2.34. The predicted octanol–water partition coefficient (Wildman–Crippen LogP) is 2.86. The largest absolute Gasteiger partial charge is 0.506 e. The molecule has 13 heavy (non-hydrogen) atoms. The quantitative estimate of drug-likeness (QED) is 0.836. The summed E-state index contributed by atoms with van der Waals surface area (Å²) in [5.74, 6) is 0.204. The molecule has 2 rings (SSSR count). The van der Waals surface area contributed by atoms with Gasteiger partial charge in [0.05, 0.1) is 15.6 Å². The third-order valence-electron chi connectivity index (χ3n) is 1.97. The summed E-state index contributed by atoms with van der Waals surface area (Å²) in [6, 6.07) is 3.52. The van der Waals surface area contributed by atoms with Gasteiger partial charge in [0, 0.05) is 0 Å². The van der Waals surface area contributed by atoms with E-state index in [0.29, 0.717) is 15.4 Å². The second-order valence-corrected chi connectivity index (χ2v) is 3.61. The van der Waals surface area contributed by atoms with E-state index in [9.17, 15) is 5.11 Å². The number of aromatic nitrogens is 1. The van der Waals surface area contributed by atoms with Crippen molar-refractivity contribution in [1.82, 2.24) is 5.16 Å². The minimum atomic E-state index is 0.204. The summed E-state index contributed by atoms with van der Waals surface area (Å²) in [6.45, 7) is 1.97. The van der Waals surface area contributed by atoms with Crippen LogP contribution in [-0.4, -0.2) is 10.3 Å². The van der Waals surface area contributed by atoms with Crippen molar-refractivity contribution in [3.8, 4) is 5.75 Å². The SMILES string of the molecule is CCc1noc2ccc(Br)c(O)c12. The maximum atomic E-state index is 9.71. The van der Waals surface area contributed by atoms with Gasteiger partial charge in [-0.05, 0) is 34.5 Å². The smallest absolute Gasteiger partial charge is 0.170 e. The van der Waals surface area contributed by atoms with Gasteiger partial charge in [-0.3, -0.25) is 0 Å². The highest BCUT2D eigenvalue weighted by Gasteiger charge is 2.12. The van der Waals surface area contributed by atoms with Crippen LogP contribution in [0.4, 0.5) is 0 Å². The second kappa shape index (κ2) is 3.03. The highest BCUT2D eigenvalue weighted by atomic mass is 79.9. The average Bonchev–Trinajstić information content (AvgIpc) is 2.55. The molecule has 0 saturated heterocycles. The Hall–Kier alpha value is -1.03. The third kappa shape index (κ3) is 1.21. The van der Waals surface area contributed by atoms with E-state index in [1.807, 2.05) is 6.92 Å². The standard InChI is InChI=1S/C9H8BrNO2/c1-2-6-8-7(13-11-6)4-3-5(10)9(8)12/h3-4,12H,2H2,1H3. The number of phenols is 1. The van der Waals surface area contributed by atoms with Gasteiger partial charge in [0.25, 0.3) is 0 Å². The number of halogens is 1. The lowest BCUT2D eigenvalue weighted by molar-refractivity contribution is 0.447. The van der Waals surface area contributed by atoms with Crippen molar-refractivity contribution in [2.45, 2.75) is 13.3 Å². The maximum Gasteiger partial charge on any atom is 0.170 e. The second-order valence-electron chi connectivity index (χ2n) is 2.75. The van der Waals surface area contributed by atoms with Gasteiger partial charge in [-0.15, -0.1) is 0 Å². The van der Waals surface area contributed by atoms with E-state index in [0.717, 1.165) is 12.1 Å². The molecular weight excluding hydrogens is 234 g/mol. The van der Waals surface area contributed by atoms with Crippen LogP contribution in [0.5, 0.6) is 5.75 Å². The van der Waals surface area contributed by atoms with Gasteiger partial charge in [-0.1, -0.05) is 12.1 Å². The van der Waals surface area contributed by atoms with Crippen molar-refractivity contribution in [2.75, 3.05) is 0 Å². The summed E-state index contributed by atoms with van der Waals surface area (Å²) in [5, 5.41) is 14.3. The number of phenolic OH excluding ortho intramolecular Hbond substituents is 1. The van der Waals surface area contributed by atoms with Gasteiger partial charge < -0.3 is 9.63 Å². The molecule has 3 nitrogen and oxygen atoms in total. The number of aryl methyl sites for hydroxylation is 1. The number of aromatic hydroxyl groups is 1. The Morgan fingerprint density at radius 2 is 2.31 bits per heavy atom. The number of rotatable bonds is 1. The van der Waals surface area contributed by atoms with Crippen molar-refractivity contribution in [1.29, 1.82) is 0 Å². The molecule has 4 heteroatoms. The van der Waals surface area contributed by atoms with Crippen molar-refractivity contribution in [3.05, 3.63) is 22.3 Å². The van der Waals surface area contributed by atoms with Gasteiger partial charge in [0.2, 0.25) is 0 Å². The van der Waals surface area contributed by atoms with Gasteiger partial charge in [0.1, 0.15) is 5.75 Å². The Bertz CT molecular complexity index is 450. The first-order chi connectivity index (χ1) is 6.24. The molecule has 68 valence electrons. The van der Waals surface area contributed by atoms with E-state index < -0.39 is 0 Å². The van der Waals surface area contributed by atoms with Crippen molar-refractivity contribution in [3.63, 3.8) is 0 Å². The molecule has 1 heterocycles. The lowest BCUT2D eigenvalue weighted by Crippen LogP contribution is -1.80. The van der Waals surface area contributed by atoms with Crippen molar-refractivity contribution >= 4 is 26.9 Å². The lowest BCUT2D eigenvalue weighted by atomic mass is 10.1. The summed E-state index contributed by atoms with van der Waals surface area (Å²) in [6.07, 6.45) is 0.747. The van der Waals surface area contributed by atoms with Crippen LogP contribution in [0, 0.1) is 0 Å². The minimum Gasteiger partial charge on any atom is -0.506 e. The van der Waals surface area contributed by atoms with Crippen molar-refractivity contribution in [2.24, 2.45) is 0 Å². The summed E-state index contributed by atoms with van der Waals surface area (Å²) in [7, 11) is 0. The van der Waals surface area contributed by atoms with E-state index in [2.05, 4.69) is 21.1 Å². The molecule has 0 aliphatic rings. The molecule has 0 spiro atoms. The Balaban J connectivity index is 2.85. The Kier molecular flexibility index (Phi) is 2.00. The predicted molar refractivity (Wildman–Crippen MR) is 52.8 cm³/mol. The van der Waals surface area contributed by atoms with E-state index in [1.54, 1.807) is 12.1 Å². The molecule has 0 radical (unpaired) electrons. The molecule has 1 N–H and O–H groups in total. The molecule has 0 unspecified atom stereocenters. The van der Waals surface area contributed by atoms with Crippen LogP contribution in [-0.2, 0) is 6.42 Å². The number of hydrogen-bond acceptors (Lipinski definition) is 3. The van der Waals surface area contributed by atoms with Gasteiger partial charge >= 0.3 is 0 Å². The van der Waals surface area contributed by atoms with E-state index >= 15 is 0 Å². The number of hydrogen-bond donors (Lipinski definition) is 1. The number of fused-ring (bicyclic) bond motifs is 1. The minimum absolute atomic E-state index is 0.204. The van der Waals surface area contributed by atoms with Crippen LogP contribution < -0.4 is 0 Å². The molecule has 0 saturated carbocycles. The third-order valence-corrected chi connectivity index (χ3v) is 2.61. The first kappa shape index (κ1) is 8.56. The summed E-state index contributed by atoms with van der Waals surface area (Å²) in [4.78, 5) is 0. The normalized spacial score (nSPS) is 10.9. The highest BCUT2D eigenvalue weighted by molar-refractivity contribution is 9.10. The summed E-state index contributed by atoms with van der Waals surface area (Å²) >= 11 is 3.24. The lowest BCUT2D eigenvalue weighted by Gasteiger charge is -1.97. The molecule has 0 atom stereocenters. The molecule has 2 aromatic rings. The topological polar surface area (TPSA) is 46.3 Å². The van der Waals surface area contributed by atoms with Gasteiger partial charge in [-0.25, -0.2) is 0 Å². The fourth-order valence-corrected chi connectivity index (χ4v) is 1.62. The zero-order chi connectivity index (χ0) is 9.42. The number of benzene rings is 1. The van der Waals surface area contributed by atoms with Gasteiger partial charge in [0.15, 0.2) is 5.58 Å². The fourth-order valence-electron chi connectivity index (χ4n) is 1.29. The Labute approximate surface area is 83.5 Å². The van der Waals surface area contributed by atoms with E-state index in [-0.39, 0.29) is 5.75 Å². The van der Waals surface area contributed by atoms with E-state index in [1.165, 1.54) is 0 Å². The first-order valence-corrected chi connectivity index (χ1v) is 4.79. The van der Waals surface area contributed by atoms with Crippen molar-refractivity contribution < 1.29 is 9.63 Å². The zero-order valence-electron chi connectivity index (χ0n) is 7.04. The maximum absolute atomic E-state index is 9.71. The van der Waals surface area contributed by atoms with Crippen LogP contribution in [0.2, 0.25) is 0 Å². The van der Waals surface area contributed by atoms with Crippen LogP contribution in [0.3, 0.4) is 0 Å².